The molecular weight excluding hydrogens is 306 g/mol. The molecule has 1 fully saturated rings. The van der Waals surface area contributed by atoms with Crippen LogP contribution in [0.4, 0.5) is 5.69 Å². The molecule has 0 spiro atoms. The quantitative estimate of drug-likeness (QED) is 0.677. The highest BCUT2D eigenvalue weighted by Crippen LogP contribution is 2.19. The number of nitrogens with zero attached hydrogens (tertiary/aromatic N) is 2. The number of amides is 1. The summed E-state index contributed by atoms with van der Waals surface area (Å²) in [5, 5.41) is 14.0. The SMILES string of the molecule is O=C(NC1CCN(Cc2ccccc2)C1)c1ccccc1[N+](=O)[O-]. The van der Waals surface area contributed by atoms with Crippen LogP contribution in [-0.2, 0) is 6.54 Å². The molecular formula is C18H19N3O3. The van der Waals surface area contributed by atoms with Crippen molar-refractivity contribution in [3.63, 3.8) is 0 Å². The Balaban J connectivity index is 1.59. The molecule has 6 nitrogen and oxygen atoms in total. The Kier molecular flexibility index (Phi) is 4.86. The predicted molar refractivity (Wildman–Crippen MR) is 90.7 cm³/mol. The van der Waals surface area contributed by atoms with Gasteiger partial charge in [0.25, 0.3) is 11.6 Å². The van der Waals surface area contributed by atoms with Crippen LogP contribution in [0.3, 0.4) is 0 Å². The third-order valence-corrected chi connectivity index (χ3v) is 4.20. The lowest BCUT2D eigenvalue weighted by Gasteiger charge is -2.16. The van der Waals surface area contributed by atoms with Crippen molar-refractivity contribution in [1.82, 2.24) is 10.2 Å². The largest absolute Gasteiger partial charge is 0.348 e. The maximum absolute atomic E-state index is 12.4. The zero-order valence-electron chi connectivity index (χ0n) is 13.2. The van der Waals surface area contributed by atoms with Crippen LogP contribution in [-0.4, -0.2) is 34.9 Å². The number of carbonyl (C=O) groups is 1. The number of nitro groups is 1. The summed E-state index contributed by atoms with van der Waals surface area (Å²) in [4.78, 5) is 25.1. The van der Waals surface area contributed by atoms with E-state index in [0.29, 0.717) is 0 Å². The molecule has 6 heteroatoms. The van der Waals surface area contributed by atoms with Crippen molar-refractivity contribution in [3.05, 3.63) is 75.8 Å². The fourth-order valence-electron chi connectivity index (χ4n) is 3.02. The van der Waals surface area contributed by atoms with Crippen LogP contribution in [0.5, 0.6) is 0 Å². The number of carbonyl (C=O) groups excluding carboxylic acids is 1. The van der Waals surface area contributed by atoms with Crippen LogP contribution in [0, 0.1) is 10.1 Å². The van der Waals surface area contributed by atoms with Gasteiger partial charge in [-0.25, -0.2) is 0 Å². The van der Waals surface area contributed by atoms with Crippen molar-refractivity contribution < 1.29 is 9.72 Å². The first-order chi connectivity index (χ1) is 11.6. The first kappa shape index (κ1) is 16.1. The Morgan fingerprint density at radius 1 is 1.17 bits per heavy atom. The molecule has 1 aliphatic rings. The molecule has 1 unspecified atom stereocenters. The summed E-state index contributed by atoms with van der Waals surface area (Å²) >= 11 is 0. The summed E-state index contributed by atoms with van der Waals surface area (Å²) in [7, 11) is 0. The van der Waals surface area contributed by atoms with Gasteiger partial charge in [-0.15, -0.1) is 0 Å². The lowest BCUT2D eigenvalue weighted by molar-refractivity contribution is -0.385. The molecule has 24 heavy (non-hydrogen) atoms. The van der Waals surface area contributed by atoms with Gasteiger partial charge in [-0.05, 0) is 18.1 Å². The Labute approximate surface area is 140 Å². The number of likely N-dealkylation sites (tertiary alicyclic amines) is 1. The van der Waals surface area contributed by atoms with E-state index in [4.69, 9.17) is 0 Å². The summed E-state index contributed by atoms with van der Waals surface area (Å²) in [5.41, 5.74) is 1.20. The fourth-order valence-corrected chi connectivity index (χ4v) is 3.02. The molecule has 1 aliphatic heterocycles. The van der Waals surface area contributed by atoms with Crippen LogP contribution in [0.1, 0.15) is 22.3 Å². The third-order valence-electron chi connectivity index (χ3n) is 4.20. The molecule has 124 valence electrons. The second-order valence-corrected chi connectivity index (χ2v) is 5.95. The van der Waals surface area contributed by atoms with Gasteiger partial charge in [0, 0.05) is 31.7 Å². The van der Waals surface area contributed by atoms with Crippen molar-refractivity contribution in [3.8, 4) is 0 Å². The molecule has 2 aromatic carbocycles. The number of benzene rings is 2. The molecule has 1 saturated heterocycles. The van der Waals surface area contributed by atoms with E-state index in [1.807, 2.05) is 18.2 Å². The van der Waals surface area contributed by atoms with Crippen molar-refractivity contribution >= 4 is 11.6 Å². The molecule has 2 aromatic rings. The van der Waals surface area contributed by atoms with E-state index >= 15 is 0 Å². The monoisotopic (exact) mass is 325 g/mol. The van der Waals surface area contributed by atoms with Gasteiger partial charge >= 0.3 is 0 Å². The Morgan fingerprint density at radius 2 is 1.88 bits per heavy atom. The molecule has 0 bridgehead atoms. The van der Waals surface area contributed by atoms with Gasteiger partial charge < -0.3 is 5.32 Å². The summed E-state index contributed by atoms with van der Waals surface area (Å²) in [6.45, 7) is 2.50. The average Bonchev–Trinajstić information content (AvgIpc) is 3.02. The third kappa shape index (κ3) is 3.78. The molecule has 0 saturated carbocycles. The van der Waals surface area contributed by atoms with Crippen LogP contribution < -0.4 is 5.32 Å². The van der Waals surface area contributed by atoms with Gasteiger partial charge in [0.15, 0.2) is 0 Å². The summed E-state index contributed by atoms with van der Waals surface area (Å²) < 4.78 is 0. The lowest BCUT2D eigenvalue weighted by atomic mass is 10.1. The molecule has 1 amide bonds. The van der Waals surface area contributed by atoms with Crippen molar-refractivity contribution in [1.29, 1.82) is 0 Å². The van der Waals surface area contributed by atoms with E-state index in [1.165, 1.54) is 17.7 Å². The minimum atomic E-state index is -0.523. The normalized spacial score (nSPS) is 17.6. The van der Waals surface area contributed by atoms with Crippen LogP contribution in [0.15, 0.2) is 54.6 Å². The van der Waals surface area contributed by atoms with Crippen molar-refractivity contribution in [2.24, 2.45) is 0 Å². The molecule has 1 atom stereocenters. The first-order valence-electron chi connectivity index (χ1n) is 7.94. The zero-order valence-corrected chi connectivity index (χ0v) is 13.2. The Hall–Kier alpha value is -2.73. The second kappa shape index (κ2) is 7.23. The van der Waals surface area contributed by atoms with E-state index in [9.17, 15) is 14.9 Å². The van der Waals surface area contributed by atoms with Gasteiger partial charge in [-0.3, -0.25) is 19.8 Å². The smallest absolute Gasteiger partial charge is 0.282 e. The van der Waals surface area contributed by atoms with Gasteiger partial charge in [0.1, 0.15) is 5.56 Å². The Bertz CT molecular complexity index is 733. The van der Waals surface area contributed by atoms with Gasteiger partial charge in [-0.1, -0.05) is 42.5 Å². The molecule has 0 aromatic heterocycles. The summed E-state index contributed by atoms with van der Waals surface area (Å²) in [5.74, 6) is -0.381. The highest BCUT2D eigenvalue weighted by molar-refractivity contribution is 5.98. The summed E-state index contributed by atoms with van der Waals surface area (Å²) in [6, 6.07) is 16.2. The van der Waals surface area contributed by atoms with Crippen LogP contribution >= 0.6 is 0 Å². The van der Waals surface area contributed by atoms with Crippen molar-refractivity contribution in [2.75, 3.05) is 13.1 Å². The maximum Gasteiger partial charge on any atom is 0.282 e. The van der Waals surface area contributed by atoms with Crippen LogP contribution in [0.2, 0.25) is 0 Å². The molecule has 1 N–H and O–H groups in total. The van der Waals surface area contributed by atoms with E-state index in [2.05, 4.69) is 22.3 Å². The van der Waals surface area contributed by atoms with E-state index in [-0.39, 0.29) is 23.2 Å². The predicted octanol–water partition coefficient (Wildman–Crippen LogP) is 2.60. The minimum Gasteiger partial charge on any atom is -0.348 e. The lowest BCUT2D eigenvalue weighted by Crippen LogP contribution is -2.37. The van der Waals surface area contributed by atoms with Gasteiger partial charge in [0.05, 0.1) is 4.92 Å². The number of hydrogen-bond donors (Lipinski definition) is 1. The number of para-hydroxylation sites is 1. The molecule has 0 radical (unpaired) electrons. The number of hydrogen-bond acceptors (Lipinski definition) is 4. The number of nitrogens with one attached hydrogen (secondary N) is 1. The number of rotatable bonds is 5. The van der Waals surface area contributed by atoms with E-state index in [1.54, 1.807) is 12.1 Å². The second-order valence-electron chi connectivity index (χ2n) is 5.95. The average molecular weight is 325 g/mol. The molecule has 3 rings (SSSR count). The zero-order chi connectivity index (χ0) is 16.9. The van der Waals surface area contributed by atoms with E-state index < -0.39 is 4.92 Å². The standard InChI is InChI=1S/C18H19N3O3/c22-18(16-8-4-5-9-17(16)21(23)24)19-15-10-11-20(13-15)12-14-6-2-1-3-7-14/h1-9,15H,10-13H2,(H,19,22). The van der Waals surface area contributed by atoms with Gasteiger partial charge in [0.2, 0.25) is 0 Å². The maximum atomic E-state index is 12.4. The first-order valence-corrected chi connectivity index (χ1v) is 7.94. The summed E-state index contributed by atoms with van der Waals surface area (Å²) in [6.07, 6.45) is 0.846. The number of nitro benzene ring substituents is 1. The van der Waals surface area contributed by atoms with Crippen LogP contribution in [0.25, 0.3) is 0 Å². The highest BCUT2D eigenvalue weighted by atomic mass is 16.6. The van der Waals surface area contributed by atoms with Gasteiger partial charge in [-0.2, -0.15) is 0 Å². The Morgan fingerprint density at radius 3 is 2.62 bits per heavy atom. The molecule has 1 heterocycles. The topological polar surface area (TPSA) is 75.5 Å². The highest BCUT2D eigenvalue weighted by Gasteiger charge is 2.26. The molecule has 0 aliphatic carbocycles. The van der Waals surface area contributed by atoms with Crippen molar-refractivity contribution in [2.45, 2.75) is 19.0 Å². The van der Waals surface area contributed by atoms with E-state index in [0.717, 1.165) is 26.1 Å². The fraction of sp³-hybridized carbons (Fsp3) is 0.278. The minimum absolute atomic E-state index is 0.0148.